The highest BCUT2D eigenvalue weighted by molar-refractivity contribution is 6.30. The third-order valence-corrected chi connectivity index (χ3v) is 3.34. The average Bonchev–Trinajstić information content (AvgIpc) is 2.40. The van der Waals surface area contributed by atoms with E-state index in [0.717, 1.165) is 31.7 Å². The number of nitrogens with one attached hydrogen (secondary N) is 1. The van der Waals surface area contributed by atoms with E-state index >= 15 is 0 Å². The molecule has 1 fully saturated rings. The first kappa shape index (κ1) is 19.5. The maximum atomic E-state index is 12.0. The van der Waals surface area contributed by atoms with Gasteiger partial charge in [0.05, 0.1) is 7.11 Å². The van der Waals surface area contributed by atoms with Crippen LogP contribution in [0.25, 0.3) is 0 Å². The van der Waals surface area contributed by atoms with Crippen LogP contribution in [0.3, 0.4) is 0 Å². The van der Waals surface area contributed by atoms with Crippen molar-refractivity contribution in [3.63, 3.8) is 0 Å². The average molecular weight is 342 g/mol. The lowest BCUT2D eigenvalue weighted by molar-refractivity contribution is -0.147. The van der Waals surface area contributed by atoms with E-state index in [4.69, 9.17) is 16.3 Å². The molecule has 0 bridgehead atoms. The summed E-state index contributed by atoms with van der Waals surface area (Å²) >= 11 is 5.99. The van der Waals surface area contributed by atoms with Crippen LogP contribution in [0, 0.1) is 0 Å². The van der Waals surface area contributed by atoms with E-state index in [1.807, 2.05) is 18.2 Å². The summed E-state index contributed by atoms with van der Waals surface area (Å²) in [6.07, 6.45) is 0. The van der Waals surface area contributed by atoms with Gasteiger partial charge in [0.2, 0.25) is 0 Å². The van der Waals surface area contributed by atoms with Crippen LogP contribution >= 0.6 is 36.4 Å². The quantitative estimate of drug-likeness (QED) is 0.857. The molecule has 0 saturated carbocycles. The maximum Gasteiger partial charge on any atom is 0.327 e. The Kier molecular flexibility index (Phi) is 9.18. The zero-order valence-electron chi connectivity index (χ0n) is 11.2. The Morgan fingerprint density at radius 2 is 2.00 bits per heavy atom. The zero-order valence-corrected chi connectivity index (χ0v) is 13.6. The molecule has 0 amide bonds. The van der Waals surface area contributed by atoms with E-state index in [9.17, 15) is 4.79 Å². The van der Waals surface area contributed by atoms with Gasteiger partial charge in [0.1, 0.15) is 6.04 Å². The van der Waals surface area contributed by atoms with Crippen molar-refractivity contribution in [2.45, 2.75) is 6.04 Å². The second-order valence-corrected chi connectivity index (χ2v) is 4.70. The molecule has 1 saturated heterocycles. The minimum absolute atomic E-state index is 0. The molecule has 2 rings (SSSR count). The summed E-state index contributed by atoms with van der Waals surface area (Å²) in [5.74, 6) is -0.237. The van der Waals surface area contributed by atoms with E-state index in [-0.39, 0.29) is 36.8 Å². The SMILES string of the molecule is COC(=O)C(c1cccc(Cl)c1)N1CCNCC1.Cl.Cl. The number of carbonyl (C=O) groups is 1. The van der Waals surface area contributed by atoms with Gasteiger partial charge in [-0.2, -0.15) is 0 Å². The summed E-state index contributed by atoms with van der Waals surface area (Å²) < 4.78 is 4.92. The molecule has 20 heavy (non-hydrogen) atoms. The number of piperazine rings is 1. The molecule has 1 unspecified atom stereocenters. The number of benzene rings is 1. The van der Waals surface area contributed by atoms with Crippen LogP contribution in [-0.2, 0) is 9.53 Å². The van der Waals surface area contributed by atoms with Crippen molar-refractivity contribution in [3.8, 4) is 0 Å². The molecule has 0 radical (unpaired) electrons. The fourth-order valence-corrected chi connectivity index (χ4v) is 2.42. The van der Waals surface area contributed by atoms with Crippen LogP contribution in [-0.4, -0.2) is 44.2 Å². The minimum Gasteiger partial charge on any atom is -0.468 e. The Morgan fingerprint density at radius 3 is 2.55 bits per heavy atom. The first-order chi connectivity index (χ1) is 8.72. The fourth-order valence-electron chi connectivity index (χ4n) is 2.22. The lowest BCUT2D eigenvalue weighted by Gasteiger charge is -2.33. The van der Waals surface area contributed by atoms with Gasteiger partial charge in [0.15, 0.2) is 0 Å². The van der Waals surface area contributed by atoms with Crippen molar-refractivity contribution >= 4 is 42.4 Å². The summed E-state index contributed by atoms with van der Waals surface area (Å²) in [4.78, 5) is 14.1. The largest absolute Gasteiger partial charge is 0.468 e. The Hall–Kier alpha value is -0.520. The van der Waals surface area contributed by atoms with Crippen LogP contribution < -0.4 is 5.32 Å². The van der Waals surface area contributed by atoms with E-state index in [2.05, 4.69) is 10.2 Å². The molecule has 1 heterocycles. The molecule has 1 aliphatic rings. The van der Waals surface area contributed by atoms with Crippen molar-refractivity contribution in [2.75, 3.05) is 33.3 Å². The van der Waals surface area contributed by atoms with Crippen molar-refractivity contribution in [1.29, 1.82) is 0 Å². The van der Waals surface area contributed by atoms with E-state index in [1.54, 1.807) is 6.07 Å². The van der Waals surface area contributed by atoms with Gasteiger partial charge in [-0.05, 0) is 17.7 Å². The molecule has 1 atom stereocenters. The van der Waals surface area contributed by atoms with Crippen molar-refractivity contribution in [2.24, 2.45) is 0 Å². The molecule has 1 aromatic carbocycles. The number of hydrogen-bond acceptors (Lipinski definition) is 4. The standard InChI is InChI=1S/C13H17ClN2O2.2ClH/c1-18-13(17)12(16-7-5-15-6-8-16)10-3-2-4-11(14)9-10;;/h2-4,9,12,15H,5-8H2,1H3;2*1H. The van der Waals surface area contributed by atoms with E-state index in [0.29, 0.717) is 5.02 Å². The molecule has 0 aromatic heterocycles. The predicted octanol–water partition coefficient (Wildman–Crippen LogP) is 2.30. The highest BCUT2D eigenvalue weighted by Gasteiger charge is 2.29. The lowest BCUT2D eigenvalue weighted by atomic mass is 10.0. The summed E-state index contributed by atoms with van der Waals surface area (Å²) in [5, 5.41) is 3.91. The van der Waals surface area contributed by atoms with Crippen LogP contribution in [0.2, 0.25) is 5.02 Å². The Labute approximate surface area is 136 Å². The molecule has 0 spiro atoms. The summed E-state index contributed by atoms with van der Waals surface area (Å²) in [7, 11) is 1.42. The number of halogens is 3. The van der Waals surface area contributed by atoms with Crippen molar-refractivity contribution < 1.29 is 9.53 Å². The normalized spacial score (nSPS) is 16.5. The summed E-state index contributed by atoms with van der Waals surface area (Å²) in [5.41, 5.74) is 0.885. The van der Waals surface area contributed by atoms with Gasteiger partial charge in [-0.1, -0.05) is 23.7 Å². The van der Waals surface area contributed by atoms with E-state index in [1.165, 1.54) is 7.11 Å². The second kappa shape index (κ2) is 9.42. The fraction of sp³-hybridized carbons (Fsp3) is 0.462. The molecule has 7 heteroatoms. The maximum absolute atomic E-state index is 12.0. The third kappa shape index (κ3) is 4.79. The summed E-state index contributed by atoms with van der Waals surface area (Å²) in [6.45, 7) is 3.42. The van der Waals surface area contributed by atoms with Gasteiger partial charge >= 0.3 is 5.97 Å². The number of hydrogen-bond donors (Lipinski definition) is 1. The second-order valence-electron chi connectivity index (χ2n) is 4.27. The van der Waals surface area contributed by atoms with Crippen LogP contribution in [0.15, 0.2) is 24.3 Å². The number of rotatable bonds is 3. The van der Waals surface area contributed by atoms with Gasteiger partial charge < -0.3 is 10.1 Å². The topological polar surface area (TPSA) is 41.6 Å². The number of nitrogens with zero attached hydrogens (tertiary/aromatic N) is 1. The number of carbonyl (C=O) groups excluding carboxylic acids is 1. The summed E-state index contributed by atoms with van der Waals surface area (Å²) in [6, 6.07) is 7.03. The molecule has 4 nitrogen and oxygen atoms in total. The monoisotopic (exact) mass is 340 g/mol. The van der Waals surface area contributed by atoms with Gasteiger partial charge in [-0.15, -0.1) is 24.8 Å². The number of ether oxygens (including phenoxy) is 1. The van der Waals surface area contributed by atoms with Gasteiger partial charge in [0, 0.05) is 31.2 Å². The van der Waals surface area contributed by atoms with Crippen molar-refractivity contribution in [1.82, 2.24) is 10.2 Å². The van der Waals surface area contributed by atoms with Crippen LogP contribution in [0.1, 0.15) is 11.6 Å². The van der Waals surface area contributed by atoms with Gasteiger partial charge in [-0.3, -0.25) is 4.90 Å². The van der Waals surface area contributed by atoms with Crippen LogP contribution in [0.5, 0.6) is 0 Å². The Morgan fingerprint density at radius 1 is 1.35 bits per heavy atom. The van der Waals surface area contributed by atoms with Crippen molar-refractivity contribution in [3.05, 3.63) is 34.9 Å². The third-order valence-electron chi connectivity index (χ3n) is 3.11. The Balaban J connectivity index is 0.00000180. The molecule has 0 aliphatic carbocycles. The molecule has 1 N–H and O–H groups in total. The number of esters is 1. The molecule has 114 valence electrons. The smallest absolute Gasteiger partial charge is 0.327 e. The zero-order chi connectivity index (χ0) is 13.0. The first-order valence-electron chi connectivity index (χ1n) is 6.00. The Bertz CT molecular complexity index is 426. The predicted molar refractivity (Wildman–Crippen MR) is 85.1 cm³/mol. The molecule has 1 aromatic rings. The lowest BCUT2D eigenvalue weighted by Crippen LogP contribution is -2.47. The molecule has 1 aliphatic heterocycles. The number of methoxy groups -OCH3 is 1. The molecular weight excluding hydrogens is 323 g/mol. The first-order valence-corrected chi connectivity index (χ1v) is 6.38. The van der Waals surface area contributed by atoms with E-state index < -0.39 is 0 Å². The highest BCUT2D eigenvalue weighted by atomic mass is 35.5. The van der Waals surface area contributed by atoms with Crippen LogP contribution in [0.4, 0.5) is 0 Å². The minimum atomic E-state index is -0.365. The van der Waals surface area contributed by atoms with Gasteiger partial charge in [-0.25, -0.2) is 4.79 Å². The molecular formula is C13H19Cl3N2O2. The highest BCUT2D eigenvalue weighted by Crippen LogP contribution is 2.24. The van der Waals surface area contributed by atoms with Gasteiger partial charge in [0.25, 0.3) is 0 Å².